The SMILES string of the molecule is Cc1ccc(C(=O)Nc2ccon2)cc1Nc1ncnn2cc(C=O)c(C)c12. The summed E-state index contributed by atoms with van der Waals surface area (Å²) in [5.74, 6) is 0.562. The van der Waals surface area contributed by atoms with Crippen molar-refractivity contribution < 1.29 is 14.1 Å². The van der Waals surface area contributed by atoms with Crippen LogP contribution in [0.2, 0.25) is 0 Å². The molecule has 0 aliphatic rings. The second-order valence-electron chi connectivity index (χ2n) is 6.22. The highest BCUT2D eigenvalue weighted by molar-refractivity contribution is 6.04. The summed E-state index contributed by atoms with van der Waals surface area (Å²) in [5, 5.41) is 13.7. The van der Waals surface area contributed by atoms with Crippen molar-refractivity contribution in [3.63, 3.8) is 0 Å². The second-order valence-corrected chi connectivity index (χ2v) is 6.22. The number of aldehydes is 1. The van der Waals surface area contributed by atoms with Crippen LogP contribution in [0.5, 0.6) is 0 Å². The number of amides is 1. The van der Waals surface area contributed by atoms with E-state index in [1.54, 1.807) is 28.9 Å². The Bertz CT molecular complexity index is 1180. The molecular weight excluding hydrogens is 360 g/mol. The third-order valence-electron chi connectivity index (χ3n) is 4.43. The van der Waals surface area contributed by atoms with Gasteiger partial charge in [0.05, 0.1) is 0 Å². The van der Waals surface area contributed by atoms with Gasteiger partial charge < -0.3 is 15.2 Å². The summed E-state index contributed by atoms with van der Waals surface area (Å²) in [5.41, 5.74) is 4.09. The van der Waals surface area contributed by atoms with Crippen molar-refractivity contribution >= 4 is 35.0 Å². The van der Waals surface area contributed by atoms with Gasteiger partial charge in [-0.1, -0.05) is 11.2 Å². The minimum atomic E-state index is -0.313. The van der Waals surface area contributed by atoms with E-state index in [-0.39, 0.29) is 5.91 Å². The number of carbonyl (C=O) groups excluding carboxylic acids is 2. The van der Waals surface area contributed by atoms with E-state index in [1.807, 2.05) is 19.9 Å². The molecule has 0 fully saturated rings. The monoisotopic (exact) mass is 376 g/mol. The Kier molecular flexibility index (Phi) is 4.32. The molecule has 28 heavy (non-hydrogen) atoms. The predicted molar refractivity (Wildman–Crippen MR) is 102 cm³/mol. The number of anilines is 3. The third kappa shape index (κ3) is 3.09. The van der Waals surface area contributed by atoms with Gasteiger partial charge in [-0.3, -0.25) is 9.59 Å². The van der Waals surface area contributed by atoms with Gasteiger partial charge in [0.2, 0.25) is 0 Å². The molecule has 4 aromatic rings. The number of nitrogens with one attached hydrogen (secondary N) is 2. The standard InChI is InChI=1S/C19H16N6O3/c1-11-3-4-13(19(27)23-16-5-6-28-24-16)7-15(11)22-18-17-12(2)14(9-26)8-25(17)21-10-20-18/h3-10H,1-2H3,(H,20,21,22)(H,23,24,27). The highest BCUT2D eigenvalue weighted by Gasteiger charge is 2.15. The van der Waals surface area contributed by atoms with E-state index in [0.717, 1.165) is 17.4 Å². The van der Waals surface area contributed by atoms with Crippen molar-refractivity contribution in [2.45, 2.75) is 13.8 Å². The van der Waals surface area contributed by atoms with Gasteiger partial charge in [0.15, 0.2) is 17.9 Å². The molecule has 0 unspecified atom stereocenters. The van der Waals surface area contributed by atoms with Crippen LogP contribution in [0.1, 0.15) is 31.8 Å². The molecule has 3 heterocycles. The molecule has 0 bridgehead atoms. The number of nitrogens with zero attached hydrogens (tertiary/aromatic N) is 4. The zero-order valence-corrected chi connectivity index (χ0v) is 15.1. The van der Waals surface area contributed by atoms with E-state index in [9.17, 15) is 9.59 Å². The molecule has 0 saturated carbocycles. The average molecular weight is 376 g/mol. The maximum atomic E-state index is 12.4. The first-order valence-corrected chi connectivity index (χ1v) is 8.44. The van der Waals surface area contributed by atoms with Crippen molar-refractivity contribution in [2.24, 2.45) is 0 Å². The van der Waals surface area contributed by atoms with Crippen molar-refractivity contribution in [2.75, 3.05) is 10.6 Å². The summed E-state index contributed by atoms with van der Waals surface area (Å²) in [6.45, 7) is 3.75. The quantitative estimate of drug-likeness (QED) is 0.514. The predicted octanol–water partition coefficient (Wildman–Crippen LogP) is 3.14. The minimum absolute atomic E-state index is 0.313. The topological polar surface area (TPSA) is 114 Å². The first kappa shape index (κ1) is 17.4. The number of hydrogen-bond donors (Lipinski definition) is 2. The van der Waals surface area contributed by atoms with Crippen LogP contribution in [0, 0.1) is 13.8 Å². The first-order chi connectivity index (χ1) is 13.6. The molecule has 0 atom stereocenters. The van der Waals surface area contributed by atoms with E-state index < -0.39 is 0 Å². The van der Waals surface area contributed by atoms with E-state index in [2.05, 4.69) is 25.9 Å². The largest absolute Gasteiger partial charge is 0.363 e. The lowest BCUT2D eigenvalue weighted by atomic mass is 10.1. The highest BCUT2D eigenvalue weighted by Crippen LogP contribution is 2.27. The summed E-state index contributed by atoms with van der Waals surface area (Å²) in [6, 6.07) is 6.84. The number of carbonyl (C=O) groups is 2. The van der Waals surface area contributed by atoms with Gasteiger partial charge in [0.25, 0.3) is 5.91 Å². The van der Waals surface area contributed by atoms with Crippen molar-refractivity contribution in [1.82, 2.24) is 19.8 Å². The molecule has 9 heteroatoms. The Morgan fingerprint density at radius 3 is 2.86 bits per heavy atom. The lowest BCUT2D eigenvalue weighted by Crippen LogP contribution is -2.12. The molecule has 140 valence electrons. The minimum Gasteiger partial charge on any atom is -0.363 e. The molecule has 4 rings (SSSR count). The smallest absolute Gasteiger partial charge is 0.256 e. The van der Waals surface area contributed by atoms with Crippen molar-refractivity contribution in [3.8, 4) is 0 Å². The fourth-order valence-electron chi connectivity index (χ4n) is 2.88. The average Bonchev–Trinajstić information content (AvgIpc) is 3.31. The van der Waals surface area contributed by atoms with Crippen LogP contribution in [0.15, 0.2) is 47.6 Å². The molecule has 0 aliphatic heterocycles. The number of rotatable bonds is 5. The Morgan fingerprint density at radius 1 is 1.25 bits per heavy atom. The summed E-state index contributed by atoms with van der Waals surface area (Å²) < 4.78 is 6.32. The molecule has 0 radical (unpaired) electrons. The van der Waals surface area contributed by atoms with Gasteiger partial charge in [-0.15, -0.1) is 0 Å². The molecule has 3 aromatic heterocycles. The Balaban J connectivity index is 1.69. The van der Waals surface area contributed by atoms with Gasteiger partial charge >= 0.3 is 0 Å². The molecule has 1 aromatic carbocycles. The Hall–Kier alpha value is -4.01. The molecular formula is C19H16N6O3. The summed E-state index contributed by atoms with van der Waals surface area (Å²) in [6.07, 6.45) is 5.22. The van der Waals surface area contributed by atoms with E-state index in [4.69, 9.17) is 4.52 Å². The van der Waals surface area contributed by atoms with Crippen LogP contribution in [-0.2, 0) is 0 Å². The van der Waals surface area contributed by atoms with Crippen LogP contribution in [0.4, 0.5) is 17.3 Å². The molecule has 1 amide bonds. The molecule has 2 N–H and O–H groups in total. The van der Waals surface area contributed by atoms with Gasteiger partial charge in [-0.05, 0) is 37.1 Å². The summed E-state index contributed by atoms with van der Waals surface area (Å²) in [4.78, 5) is 28.0. The third-order valence-corrected chi connectivity index (χ3v) is 4.43. The van der Waals surface area contributed by atoms with Crippen LogP contribution >= 0.6 is 0 Å². The van der Waals surface area contributed by atoms with Crippen LogP contribution < -0.4 is 10.6 Å². The molecule has 0 spiro atoms. The van der Waals surface area contributed by atoms with Crippen molar-refractivity contribution in [3.05, 3.63) is 65.3 Å². The lowest BCUT2D eigenvalue weighted by molar-refractivity contribution is 0.102. The van der Waals surface area contributed by atoms with E-state index in [0.29, 0.717) is 34.0 Å². The Morgan fingerprint density at radius 2 is 2.11 bits per heavy atom. The zero-order chi connectivity index (χ0) is 19.7. The second kappa shape index (κ2) is 6.95. The van der Waals surface area contributed by atoms with Crippen LogP contribution in [0.3, 0.4) is 0 Å². The number of hydrogen-bond acceptors (Lipinski definition) is 7. The van der Waals surface area contributed by atoms with Gasteiger partial charge in [-0.25, -0.2) is 9.50 Å². The lowest BCUT2D eigenvalue weighted by Gasteiger charge is -2.12. The van der Waals surface area contributed by atoms with Gasteiger partial charge in [0.1, 0.15) is 18.1 Å². The molecule has 0 aliphatic carbocycles. The maximum absolute atomic E-state index is 12.4. The zero-order valence-electron chi connectivity index (χ0n) is 15.1. The molecule has 0 saturated heterocycles. The molecule has 9 nitrogen and oxygen atoms in total. The van der Waals surface area contributed by atoms with Gasteiger partial charge in [-0.2, -0.15) is 5.10 Å². The number of aromatic nitrogens is 4. The van der Waals surface area contributed by atoms with Crippen LogP contribution in [0.25, 0.3) is 5.52 Å². The first-order valence-electron chi connectivity index (χ1n) is 8.44. The maximum Gasteiger partial charge on any atom is 0.256 e. The van der Waals surface area contributed by atoms with E-state index >= 15 is 0 Å². The van der Waals surface area contributed by atoms with Gasteiger partial charge in [0, 0.05) is 29.1 Å². The normalized spacial score (nSPS) is 10.8. The fourth-order valence-corrected chi connectivity index (χ4v) is 2.88. The van der Waals surface area contributed by atoms with Crippen molar-refractivity contribution in [1.29, 1.82) is 0 Å². The summed E-state index contributed by atoms with van der Waals surface area (Å²) >= 11 is 0. The summed E-state index contributed by atoms with van der Waals surface area (Å²) in [7, 11) is 0. The Labute approximate surface area is 159 Å². The number of aryl methyl sites for hydroxylation is 2. The number of fused-ring (bicyclic) bond motifs is 1. The van der Waals surface area contributed by atoms with Crippen LogP contribution in [-0.4, -0.2) is 31.9 Å². The van der Waals surface area contributed by atoms with E-state index in [1.165, 1.54) is 12.6 Å². The fraction of sp³-hybridized carbons (Fsp3) is 0.105. The highest BCUT2D eigenvalue weighted by atomic mass is 16.5. The number of benzene rings is 1.